The van der Waals surface area contributed by atoms with Crippen LogP contribution in [0, 0.1) is 0 Å². The molecule has 1 aliphatic carbocycles. The molecule has 1 aliphatic heterocycles. The molecule has 2 amide bonds. The maximum atomic E-state index is 12.1. The summed E-state index contributed by atoms with van der Waals surface area (Å²) in [6.45, 7) is -0.421. The average molecular weight is 289 g/mol. The third-order valence-electron chi connectivity index (χ3n) is 3.87. The Kier molecular flexibility index (Phi) is 3.47. The number of fused-ring (bicyclic) bond motifs is 1. The number of aliphatic hydroxyl groups is 1. The summed E-state index contributed by atoms with van der Waals surface area (Å²) in [6, 6.07) is 6.45. The first-order valence-corrected chi connectivity index (χ1v) is 6.90. The minimum atomic E-state index is -0.671. The molecule has 1 N–H and O–H groups in total. The second-order valence-corrected chi connectivity index (χ2v) is 5.27. The summed E-state index contributed by atoms with van der Waals surface area (Å²) >= 11 is 0. The molecule has 110 valence electrons. The Hall–Kier alpha value is -2.21. The zero-order valence-electron chi connectivity index (χ0n) is 11.3. The molecule has 3 rings (SSSR count). The minimum absolute atomic E-state index is 0.302. The molecule has 0 unspecified atom stereocenters. The number of esters is 1. The van der Waals surface area contributed by atoms with Crippen LogP contribution in [0.3, 0.4) is 0 Å². The number of nitrogens with zero attached hydrogens (tertiary/aromatic N) is 1. The van der Waals surface area contributed by atoms with E-state index < -0.39 is 36.5 Å². The lowest BCUT2D eigenvalue weighted by Gasteiger charge is -2.18. The molecule has 0 radical (unpaired) electrons. The van der Waals surface area contributed by atoms with Crippen LogP contribution in [0.2, 0.25) is 0 Å². The molecule has 1 aromatic rings. The summed E-state index contributed by atoms with van der Waals surface area (Å²) in [4.78, 5) is 36.9. The topological polar surface area (TPSA) is 83.9 Å². The molecule has 0 spiro atoms. The number of hydrogen-bond donors (Lipinski definition) is 1. The third-order valence-corrected chi connectivity index (χ3v) is 3.87. The van der Waals surface area contributed by atoms with Crippen molar-refractivity contribution in [3.05, 3.63) is 35.4 Å². The van der Waals surface area contributed by atoms with Gasteiger partial charge in [0.1, 0.15) is 12.6 Å². The SMILES string of the molecule is O=C(CN1C(=O)c2ccccc2C1=O)O[C@@H]1CCC[C@@H]1O. The molecule has 1 aromatic carbocycles. The lowest BCUT2D eigenvalue weighted by molar-refractivity contribution is -0.153. The highest BCUT2D eigenvalue weighted by molar-refractivity contribution is 6.22. The van der Waals surface area contributed by atoms with Crippen molar-refractivity contribution in [2.75, 3.05) is 6.54 Å². The highest BCUT2D eigenvalue weighted by Gasteiger charge is 2.37. The van der Waals surface area contributed by atoms with E-state index in [-0.39, 0.29) is 0 Å². The summed E-state index contributed by atoms with van der Waals surface area (Å²) in [5, 5.41) is 9.62. The zero-order chi connectivity index (χ0) is 15.0. The van der Waals surface area contributed by atoms with E-state index in [1.165, 1.54) is 0 Å². The van der Waals surface area contributed by atoms with Gasteiger partial charge < -0.3 is 9.84 Å². The summed E-state index contributed by atoms with van der Waals surface area (Å²) in [7, 11) is 0. The summed E-state index contributed by atoms with van der Waals surface area (Å²) in [5.41, 5.74) is 0.604. The van der Waals surface area contributed by atoms with E-state index in [0.717, 1.165) is 11.3 Å². The van der Waals surface area contributed by atoms with Crippen molar-refractivity contribution in [1.29, 1.82) is 0 Å². The number of ether oxygens (including phenoxy) is 1. The Morgan fingerprint density at radius 2 is 1.81 bits per heavy atom. The smallest absolute Gasteiger partial charge is 0.326 e. The van der Waals surface area contributed by atoms with Gasteiger partial charge in [-0.05, 0) is 31.4 Å². The first-order valence-electron chi connectivity index (χ1n) is 6.90. The fourth-order valence-corrected chi connectivity index (χ4v) is 2.76. The Morgan fingerprint density at radius 1 is 1.19 bits per heavy atom. The third kappa shape index (κ3) is 2.42. The van der Waals surface area contributed by atoms with Crippen LogP contribution in [0.5, 0.6) is 0 Å². The second kappa shape index (κ2) is 5.29. The van der Waals surface area contributed by atoms with Gasteiger partial charge in [0, 0.05) is 0 Å². The standard InChI is InChI=1S/C15H15NO5/c17-11-6-3-7-12(11)21-13(18)8-16-14(19)9-4-1-2-5-10(9)15(16)20/h1-2,4-5,11-12,17H,3,6-8H2/t11-,12+/m0/s1. The van der Waals surface area contributed by atoms with Crippen LogP contribution < -0.4 is 0 Å². The highest BCUT2D eigenvalue weighted by atomic mass is 16.6. The Balaban J connectivity index is 1.67. The zero-order valence-corrected chi connectivity index (χ0v) is 11.3. The molecular formula is C15H15NO5. The molecule has 1 fully saturated rings. The number of rotatable bonds is 3. The molecule has 1 saturated carbocycles. The van der Waals surface area contributed by atoms with Crippen molar-refractivity contribution < 1.29 is 24.2 Å². The van der Waals surface area contributed by atoms with E-state index in [9.17, 15) is 19.5 Å². The largest absolute Gasteiger partial charge is 0.458 e. The summed E-state index contributed by atoms with van der Waals surface area (Å²) in [5.74, 6) is -1.64. The van der Waals surface area contributed by atoms with Crippen LogP contribution in [0.25, 0.3) is 0 Å². The van der Waals surface area contributed by atoms with Gasteiger partial charge in [-0.15, -0.1) is 0 Å². The Morgan fingerprint density at radius 3 is 2.33 bits per heavy atom. The van der Waals surface area contributed by atoms with Crippen LogP contribution in [0.15, 0.2) is 24.3 Å². The van der Waals surface area contributed by atoms with Crippen LogP contribution in [0.4, 0.5) is 0 Å². The normalized spacial score (nSPS) is 24.3. The molecule has 2 aliphatic rings. The van der Waals surface area contributed by atoms with Gasteiger partial charge in [0.2, 0.25) is 0 Å². The van der Waals surface area contributed by atoms with E-state index in [1.54, 1.807) is 24.3 Å². The number of imide groups is 1. The van der Waals surface area contributed by atoms with Gasteiger partial charge in [0.15, 0.2) is 0 Å². The molecular weight excluding hydrogens is 274 g/mol. The van der Waals surface area contributed by atoms with Crippen LogP contribution in [0.1, 0.15) is 40.0 Å². The minimum Gasteiger partial charge on any atom is -0.458 e. The van der Waals surface area contributed by atoms with Gasteiger partial charge in [-0.2, -0.15) is 0 Å². The molecule has 21 heavy (non-hydrogen) atoms. The highest BCUT2D eigenvalue weighted by Crippen LogP contribution is 2.24. The van der Waals surface area contributed by atoms with Gasteiger partial charge in [0.25, 0.3) is 11.8 Å². The van der Waals surface area contributed by atoms with Crippen LogP contribution in [-0.4, -0.2) is 46.5 Å². The molecule has 6 nitrogen and oxygen atoms in total. The molecule has 0 aromatic heterocycles. The number of aliphatic hydroxyl groups excluding tert-OH is 1. The van der Waals surface area contributed by atoms with Gasteiger partial charge in [-0.25, -0.2) is 0 Å². The van der Waals surface area contributed by atoms with Gasteiger partial charge in [0.05, 0.1) is 17.2 Å². The summed E-state index contributed by atoms with van der Waals surface area (Å²) in [6.07, 6.45) is 0.815. The summed E-state index contributed by atoms with van der Waals surface area (Å²) < 4.78 is 5.15. The number of carbonyl (C=O) groups is 3. The predicted molar refractivity (Wildman–Crippen MR) is 71.5 cm³/mol. The van der Waals surface area contributed by atoms with E-state index in [4.69, 9.17) is 4.74 Å². The van der Waals surface area contributed by atoms with Crippen molar-refractivity contribution in [1.82, 2.24) is 4.90 Å². The van der Waals surface area contributed by atoms with Gasteiger partial charge in [-0.1, -0.05) is 12.1 Å². The van der Waals surface area contributed by atoms with Crippen molar-refractivity contribution in [2.45, 2.75) is 31.5 Å². The predicted octanol–water partition coefficient (Wildman–Crippen LogP) is 0.739. The molecule has 1 heterocycles. The van der Waals surface area contributed by atoms with E-state index in [0.29, 0.717) is 24.0 Å². The fraction of sp³-hybridized carbons (Fsp3) is 0.400. The van der Waals surface area contributed by atoms with Crippen molar-refractivity contribution in [3.8, 4) is 0 Å². The maximum absolute atomic E-state index is 12.1. The Labute approximate surface area is 121 Å². The molecule has 6 heteroatoms. The van der Waals surface area contributed by atoms with Crippen LogP contribution >= 0.6 is 0 Å². The molecule has 0 saturated heterocycles. The van der Waals surface area contributed by atoms with Crippen LogP contribution in [-0.2, 0) is 9.53 Å². The maximum Gasteiger partial charge on any atom is 0.326 e. The quantitative estimate of drug-likeness (QED) is 0.655. The number of benzene rings is 1. The monoisotopic (exact) mass is 289 g/mol. The number of amides is 2. The van der Waals surface area contributed by atoms with Gasteiger partial charge >= 0.3 is 5.97 Å². The Bertz CT molecular complexity index is 577. The second-order valence-electron chi connectivity index (χ2n) is 5.27. The van der Waals surface area contributed by atoms with Gasteiger partial charge in [-0.3, -0.25) is 19.3 Å². The first kappa shape index (κ1) is 13.8. The van der Waals surface area contributed by atoms with E-state index in [1.807, 2.05) is 0 Å². The van der Waals surface area contributed by atoms with Crippen molar-refractivity contribution in [2.24, 2.45) is 0 Å². The lowest BCUT2D eigenvalue weighted by Crippen LogP contribution is -2.38. The number of carbonyl (C=O) groups excluding carboxylic acids is 3. The number of hydrogen-bond acceptors (Lipinski definition) is 5. The lowest BCUT2D eigenvalue weighted by atomic mass is 10.1. The average Bonchev–Trinajstić information content (AvgIpc) is 2.97. The molecule has 2 atom stereocenters. The van der Waals surface area contributed by atoms with Crippen molar-refractivity contribution in [3.63, 3.8) is 0 Å². The van der Waals surface area contributed by atoms with E-state index in [2.05, 4.69) is 0 Å². The fourth-order valence-electron chi connectivity index (χ4n) is 2.76. The first-order chi connectivity index (χ1) is 10.1. The van der Waals surface area contributed by atoms with Crippen molar-refractivity contribution >= 4 is 17.8 Å². The van der Waals surface area contributed by atoms with E-state index >= 15 is 0 Å². The molecule has 0 bridgehead atoms.